The van der Waals surface area contributed by atoms with Gasteiger partial charge in [0.05, 0.1) is 39.1 Å². The highest BCUT2D eigenvalue weighted by atomic mass is 79.9. The Hall–Kier alpha value is -2.61. The molecule has 1 aliphatic heterocycles. The number of fused-ring (bicyclic) bond motifs is 1. The van der Waals surface area contributed by atoms with E-state index >= 15 is 0 Å². The molecule has 0 saturated carbocycles. The van der Waals surface area contributed by atoms with Gasteiger partial charge in [-0.25, -0.2) is 4.39 Å². The molecule has 0 aromatic heterocycles. The Kier molecular flexibility index (Phi) is 4.86. The average molecular weight is 424 g/mol. The molecule has 8 heteroatoms. The molecule has 0 saturated heterocycles. The fraction of sp³-hybridized carbons (Fsp3) is 0.222. The van der Waals surface area contributed by atoms with Crippen LogP contribution in [0.1, 0.15) is 15.9 Å². The summed E-state index contributed by atoms with van der Waals surface area (Å²) in [4.78, 5) is 26.2. The standard InChI is InChI=1S/C18H15BrFNO5/c1-24-13-7-12-14(17(26-3)16(13)25-2)15(22)18(23)21(12)8-9-4-5-10(19)6-11(9)20/h4-7H,8H2,1-3H3. The molecular formula is C18H15BrFNO5. The summed E-state index contributed by atoms with van der Waals surface area (Å²) in [5.41, 5.74) is 0.639. The monoisotopic (exact) mass is 423 g/mol. The Balaban J connectivity index is 2.14. The quantitative estimate of drug-likeness (QED) is 0.689. The van der Waals surface area contributed by atoms with Crippen LogP contribution < -0.4 is 19.1 Å². The molecule has 0 atom stereocenters. The molecule has 136 valence electrons. The largest absolute Gasteiger partial charge is 0.493 e. The number of rotatable bonds is 5. The zero-order chi connectivity index (χ0) is 19.0. The lowest BCUT2D eigenvalue weighted by molar-refractivity contribution is -0.114. The maximum absolute atomic E-state index is 14.2. The predicted molar refractivity (Wildman–Crippen MR) is 95.7 cm³/mol. The number of ketones is 1. The summed E-state index contributed by atoms with van der Waals surface area (Å²) in [5.74, 6) is -1.37. The number of ether oxygens (including phenoxy) is 3. The molecule has 0 spiro atoms. The minimum atomic E-state index is -0.768. The van der Waals surface area contributed by atoms with Crippen molar-refractivity contribution in [1.82, 2.24) is 0 Å². The molecule has 0 unspecified atom stereocenters. The van der Waals surface area contributed by atoms with Crippen LogP contribution in [0.5, 0.6) is 17.2 Å². The van der Waals surface area contributed by atoms with Crippen molar-refractivity contribution in [1.29, 1.82) is 0 Å². The average Bonchev–Trinajstić information content (AvgIpc) is 2.86. The first-order chi connectivity index (χ1) is 12.4. The Bertz CT molecular complexity index is 915. The van der Waals surface area contributed by atoms with Gasteiger partial charge in [-0.15, -0.1) is 0 Å². The van der Waals surface area contributed by atoms with E-state index in [-0.39, 0.29) is 34.9 Å². The van der Waals surface area contributed by atoms with Gasteiger partial charge in [0.25, 0.3) is 11.7 Å². The molecule has 1 amide bonds. The summed E-state index contributed by atoms with van der Waals surface area (Å²) in [6.07, 6.45) is 0. The number of Topliss-reactive ketones (excluding diaryl/α,β-unsaturated/α-hetero) is 1. The van der Waals surface area contributed by atoms with E-state index in [9.17, 15) is 14.0 Å². The van der Waals surface area contributed by atoms with E-state index in [1.165, 1.54) is 38.4 Å². The second kappa shape index (κ2) is 6.95. The summed E-state index contributed by atoms with van der Waals surface area (Å²) in [5, 5.41) is 0. The van der Waals surface area contributed by atoms with Crippen molar-refractivity contribution >= 4 is 33.3 Å². The molecule has 0 aliphatic carbocycles. The van der Waals surface area contributed by atoms with Crippen LogP contribution >= 0.6 is 15.9 Å². The number of halogens is 2. The van der Waals surface area contributed by atoms with Crippen molar-refractivity contribution in [2.75, 3.05) is 26.2 Å². The van der Waals surface area contributed by atoms with E-state index in [0.717, 1.165) is 0 Å². The minimum Gasteiger partial charge on any atom is -0.493 e. The summed E-state index contributed by atoms with van der Waals surface area (Å²) in [6.45, 7) is -0.102. The highest BCUT2D eigenvalue weighted by Gasteiger charge is 2.41. The van der Waals surface area contributed by atoms with Crippen molar-refractivity contribution < 1.29 is 28.2 Å². The van der Waals surface area contributed by atoms with E-state index in [0.29, 0.717) is 10.2 Å². The van der Waals surface area contributed by atoms with Crippen LogP contribution in [-0.4, -0.2) is 33.0 Å². The molecule has 26 heavy (non-hydrogen) atoms. The molecule has 0 N–H and O–H groups in total. The number of benzene rings is 2. The van der Waals surface area contributed by atoms with Crippen LogP contribution in [0.15, 0.2) is 28.7 Å². The van der Waals surface area contributed by atoms with Gasteiger partial charge in [-0.3, -0.25) is 14.5 Å². The number of hydrogen-bond donors (Lipinski definition) is 0. The van der Waals surface area contributed by atoms with Gasteiger partial charge in [0.2, 0.25) is 5.75 Å². The van der Waals surface area contributed by atoms with Gasteiger partial charge in [0.1, 0.15) is 5.82 Å². The molecule has 6 nitrogen and oxygen atoms in total. The summed E-state index contributed by atoms with van der Waals surface area (Å²) in [6, 6.07) is 6.02. The molecule has 1 heterocycles. The van der Waals surface area contributed by atoms with Crippen LogP contribution in [0.25, 0.3) is 0 Å². The van der Waals surface area contributed by atoms with Gasteiger partial charge in [-0.1, -0.05) is 22.0 Å². The fourth-order valence-electron chi connectivity index (χ4n) is 2.89. The van der Waals surface area contributed by atoms with E-state index < -0.39 is 17.5 Å². The molecule has 0 fully saturated rings. The normalized spacial score (nSPS) is 13.0. The third kappa shape index (κ3) is 2.80. The number of methoxy groups -OCH3 is 3. The van der Waals surface area contributed by atoms with Gasteiger partial charge in [0.15, 0.2) is 11.5 Å². The van der Waals surface area contributed by atoms with Gasteiger partial charge in [0, 0.05) is 16.1 Å². The van der Waals surface area contributed by atoms with Crippen LogP contribution in [0.4, 0.5) is 10.1 Å². The lowest BCUT2D eigenvalue weighted by atomic mass is 10.1. The number of carbonyl (C=O) groups excluding carboxylic acids is 2. The van der Waals surface area contributed by atoms with Crippen LogP contribution in [0, 0.1) is 5.82 Å². The molecule has 0 bridgehead atoms. The van der Waals surface area contributed by atoms with Crippen molar-refractivity contribution in [3.05, 3.63) is 45.7 Å². The first-order valence-electron chi connectivity index (χ1n) is 7.56. The van der Waals surface area contributed by atoms with Gasteiger partial charge < -0.3 is 14.2 Å². The van der Waals surface area contributed by atoms with Gasteiger partial charge >= 0.3 is 0 Å². The van der Waals surface area contributed by atoms with Crippen molar-refractivity contribution in [2.24, 2.45) is 0 Å². The van der Waals surface area contributed by atoms with Crippen LogP contribution in [0.2, 0.25) is 0 Å². The fourth-order valence-corrected chi connectivity index (χ4v) is 3.22. The second-order valence-electron chi connectivity index (χ2n) is 5.50. The Morgan fingerprint density at radius 3 is 2.31 bits per heavy atom. The van der Waals surface area contributed by atoms with Gasteiger partial charge in [-0.05, 0) is 12.1 Å². The lowest BCUT2D eigenvalue weighted by Gasteiger charge is -2.20. The molecular weight excluding hydrogens is 409 g/mol. The van der Waals surface area contributed by atoms with E-state index in [2.05, 4.69) is 15.9 Å². The maximum Gasteiger partial charge on any atom is 0.299 e. The zero-order valence-corrected chi connectivity index (χ0v) is 15.8. The first kappa shape index (κ1) is 18.2. The van der Waals surface area contributed by atoms with E-state index in [1.54, 1.807) is 12.1 Å². The number of nitrogens with zero attached hydrogens (tertiary/aromatic N) is 1. The molecule has 2 aromatic rings. The smallest absolute Gasteiger partial charge is 0.299 e. The second-order valence-corrected chi connectivity index (χ2v) is 6.41. The molecule has 2 aromatic carbocycles. The maximum atomic E-state index is 14.2. The SMILES string of the molecule is COc1cc2c(c(OC)c1OC)C(=O)C(=O)N2Cc1ccc(Br)cc1F. The van der Waals surface area contributed by atoms with Crippen molar-refractivity contribution in [3.63, 3.8) is 0 Å². The molecule has 0 radical (unpaired) electrons. The van der Waals surface area contributed by atoms with Crippen LogP contribution in [0.3, 0.4) is 0 Å². The molecule has 1 aliphatic rings. The highest BCUT2D eigenvalue weighted by Crippen LogP contribution is 2.48. The summed E-state index contributed by atoms with van der Waals surface area (Å²) >= 11 is 3.19. The zero-order valence-electron chi connectivity index (χ0n) is 14.3. The Labute approximate surface area is 157 Å². The van der Waals surface area contributed by atoms with Crippen LogP contribution in [-0.2, 0) is 11.3 Å². The Morgan fingerprint density at radius 2 is 1.73 bits per heavy atom. The van der Waals surface area contributed by atoms with E-state index in [4.69, 9.17) is 14.2 Å². The van der Waals surface area contributed by atoms with Gasteiger partial charge in [-0.2, -0.15) is 0 Å². The summed E-state index contributed by atoms with van der Waals surface area (Å²) in [7, 11) is 4.20. The minimum absolute atomic E-state index is 0.0765. The third-order valence-electron chi connectivity index (χ3n) is 4.11. The third-order valence-corrected chi connectivity index (χ3v) is 4.60. The summed E-state index contributed by atoms with van der Waals surface area (Å²) < 4.78 is 30.6. The molecule has 3 rings (SSSR count). The number of amides is 1. The first-order valence-corrected chi connectivity index (χ1v) is 8.35. The Morgan fingerprint density at radius 1 is 1.04 bits per heavy atom. The van der Waals surface area contributed by atoms with E-state index in [1.807, 2.05) is 0 Å². The number of carbonyl (C=O) groups is 2. The number of hydrogen-bond acceptors (Lipinski definition) is 5. The topological polar surface area (TPSA) is 65.1 Å². The van der Waals surface area contributed by atoms with Crippen molar-refractivity contribution in [2.45, 2.75) is 6.54 Å². The predicted octanol–water partition coefficient (Wildman–Crippen LogP) is 3.34. The van der Waals surface area contributed by atoms with Crippen molar-refractivity contribution in [3.8, 4) is 17.2 Å². The highest BCUT2D eigenvalue weighted by molar-refractivity contribution is 9.10. The lowest BCUT2D eigenvalue weighted by Crippen LogP contribution is -2.29. The number of anilines is 1.